The summed E-state index contributed by atoms with van der Waals surface area (Å²) in [6.07, 6.45) is 0. The quantitative estimate of drug-likeness (QED) is 0.161. The first-order valence-electron chi connectivity index (χ1n) is 19.7. The number of anilines is 6. The summed E-state index contributed by atoms with van der Waals surface area (Å²) in [5.41, 5.74) is 13.9. The minimum absolute atomic E-state index is 0.117. The highest BCUT2D eigenvalue weighted by Gasteiger charge is 2.44. The molecular formula is C51H32BN5S2. The van der Waals surface area contributed by atoms with Gasteiger partial charge in [-0.25, -0.2) is 15.0 Å². The molecule has 0 fully saturated rings. The summed E-state index contributed by atoms with van der Waals surface area (Å²) >= 11 is 3.76. The van der Waals surface area contributed by atoms with E-state index in [-0.39, 0.29) is 6.71 Å². The van der Waals surface area contributed by atoms with Gasteiger partial charge >= 0.3 is 0 Å². The first-order chi connectivity index (χ1) is 29.3. The van der Waals surface area contributed by atoms with Gasteiger partial charge in [0.05, 0.1) is 22.0 Å². The first-order valence-corrected chi connectivity index (χ1v) is 21.4. The zero-order chi connectivity index (χ0) is 38.9. The standard InChI is InChI=1S/C51H32BN5S2/c1-4-16-33(17-5-1)49-53-50(34-18-6-2-7-19-34)55-51(54-49)35-28-30-37(31-29-35)56-41-25-13-15-27-44(41)59-48-42(56)32-45-46-47(48)57(36-20-8-3-9-21-36)40-24-12-10-22-38(40)52(46)39-23-11-14-26-43(39)58-45/h1-32H. The molecule has 3 aliphatic rings. The average molecular weight is 790 g/mol. The molecule has 8 heteroatoms. The van der Waals surface area contributed by atoms with Gasteiger partial charge in [0.15, 0.2) is 17.5 Å². The minimum atomic E-state index is 0.117. The Bertz CT molecular complexity index is 3010. The Labute approximate surface area is 351 Å². The molecule has 0 unspecified atom stereocenters. The van der Waals surface area contributed by atoms with Gasteiger partial charge in [-0.15, -0.1) is 0 Å². The molecule has 0 radical (unpaired) electrons. The summed E-state index contributed by atoms with van der Waals surface area (Å²) in [6.45, 7) is 0.117. The van der Waals surface area contributed by atoms with Crippen molar-refractivity contribution in [1.82, 2.24) is 15.0 Å². The molecule has 0 bridgehead atoms. The first kappa shape index (κ1) is 34.2. The number of aromatic nitrogens is 3. The van der Waals surface area contributed by atoms with E-state index in [1.54, 1.807) is 0 Å². The van der Waals surface area contributed by atoms with Crippen molar-refractivity contribution in [3.8, 4) is 34.2 Å². The normalized spacial score (nSPS) is 13.2. The van der Waals surface area contributed by atoms with Gasteiger partial charge in [-0.3, -0.25) is 0 Å². The molecule has 4 heterocycles. The molecule has 1 aromatic heterocycles. The van der Waals surface area contributed by atoms with Crippen LogP contribution in [0.1, 0.15) is 0 Å². The van der Waals surface area contributed by atoms with Crippen LogP contribution < -0.4 is 26.2 Å². The third kappa shape index (κ3) is 5.63. The number of hydrogen-bond donors (Lipinski definition) is 0. The van der Waals surface area contributed by atoms with Crippen molar-refractivity contribution in [2.24, 2.45) is 0 Å². The van der Waals surface area contributed by atoms with Gasteiger partial charge in [-0.2, -0.15) is 0 Å². The Kier molecular flexibility index (Phi) is 8.06. The summed E-state index contributed by atoms with van der Waals surface area (Å²) in [5.74, 6) is 1.93. The van der Waals surface area contributed by atoms with E-state index >= 15 is 0 Å². The van der Waals surface area contributed by atoms with Crippen LogP contribution >= 0.6 is 23.5 Å². The molecule has 0 amide bonds. The number of fused-ring (bicyclic) bond motifs is 7. The summed E-state index contributed by atoms with van der Waals surface area (Å²) in [7, 11) is 0. The fourth-order valence-corrected chi connectivity index (χ4v) is 11.1. The molecule has 12 rings (SSSR count). The van der Waals surface area contributed by atoms with Gasteiger partial charge in [0.2, 0.25) is 6.71 Å². The topological polar surface area (TPSA) is 45.2 Å². The van der Waals surface area contributed by atoms with Crippen molar-refractivity contribution in [1.29, 1.82) is 0 Å². The lowest BCUT2D eigenvalue weighted by Crippen LogP contribution is -2.60. The second-order valence-corrected chi connectivity index (χ2v) is 16.9. The maximum atomic E-state index is 5.02. The van der Waals surface area contributed by atoms with Gasteiger partial charge in [-0.05, 0) is 77.7 Å². The highest BCUT2D eigenvalue weighted by atomic mass is 32.2. The van der Waals surface area contributed by atoms with Gasteiger partial charge in [0.25, 0.3) is 0 Å². The maximum Gasteiger partial charge on any atom is 0.249 e. The van der Waals surface area contributed by atoms with Crippen LogP contribution in [0.25, 0.3) is 34.2 Å². The van der Waals surface area contributed by atoms with Crippen molar-refractivity contribution in [3.63, 3.8) is 0 Å². The molecule has 5 nitrogen and oxygen atoms in total. The van der Waals surface area contributed by atoms with E-state index in [1.165, 1.54) is 53.0 Å². The zero-order valence-corrected chi connectivity index (χ0v) is 33.2. The second-order valence-electron chi connectivity index (χ2n) is 14.8. The average Bonchev–Trinajstić information content (AvgIpc) is 3.31. The maximum absolute atomic E-state index is 5.02. The van der Waals surface area contributed by atoms with Crippen molar-refractivity contribution in [3.05, 3.63) is 194 Å². The van der Waals surface area contributed by atoms with Crippen LogP contribution in [0.2, 0.25) is 0 Å². The third-order valence-corrected chi connectivity index (χ3v) is 13.7. The minimum Gasteiger partial charge on any atom is -0.310 e. The Balaban J connectivity index is 1.05. The van der Waals surface area contributed by atoms with Crippen LogP contribution in [0.5, 0.6) is 0 Å². The van der Waals surface area contributed by atoms with Gasteiger partial charge in [-0.1, -0.05) is 156 Å². The molecule has 59 heavy (non-hydrogen) atoms. The van der Waals surface area contributed by atoms with Crippen molar-refractivity contribution >= 4 is 80.7 Å². The molecule has 0 atom stereocenters. The van der Waals surface area contributed by atoms with E-state index in [0.29, 0.717) is 17.5 Å². The molecule has 0 saturated heterocycles. The highest BCUT2D eigenvalue weighted by Crippen LogP contribution is 2.58. The molecule has 276 valence electrons. The lowest BCUT2D eigenvalue weighted by molar-refractivity contribution is 1.07. The van der Waals surface area contributed by atoms with E-state index < -0.39 is 0 Å². The van der Waals surface area contributed by atoms with Gasteiger partial charge < -0.3 is 9.80 Å². The van der Waals surface area contributed by atoms with Crippen molar-refractivity contribution < 1.29 is 0 Å². The molecule has 3 aliphatic heterocycles. The summed E-state index contributed by atoms with van der Waals surface area (Å²) < 4.78 is 0. The Hall–Kier alpha value is -6.87. The molecule has 8 aromatic carbocycles. The van der Waals surface area contributed by atoms with E-state index in [4.69, 9.17) is 15.0 Å². The van der Waals surface area contributed by atoms with Crippen LogP contribution in [0, 0.1) is 0 Å². The summed E-state index contributed by atoms with van der Waals surface area (Å²) in [6, 6.07) is 69.0. The smallest absolute Gasteiger partial charge is 0.249 e. The highest BCUT2D eigenvalue weighted by molar-refractivity contribution is 8.00. The van der Waals surface area contributed by atoms with Crippen LogP contribution in [0.3, 0.4) is 0 Å². The summed E-state index contributed by atoms with van der Waals surface area (Å²) in [5, 5.41) is 0. The molecule has 9 aromatic rings. The number of benzene rings is 8. The van der Waals surface area contributed by atoms with E-state index in [0.717, 1.165) is 33.8 Å². The molecule has 0 spiro atoms. The number of nitrogens with zero attached hydrogens (tertiary/aromatic N) is 5. The lowest BCUT2D eigenvalue weighted by atomic mass is 9.35. The summed E-state index contributed by atoms with van der Waals surface area (Å²) in [4.78, 5) is 25.0. The Morgan fingerprint density at radius 1 is 0.373 bits per heavy atom. The van der Waals surface area contributed by atoms with Crippen LogP contribution in [-0.4, -0.2) is 21.7 Å². The monoisotopic (exact) mass is 789 g/mol. The lowest BCUT2D eigenvalue weighted by Gasteiger charge is -2.44. The predicted molar refractivity (Wildman–Crippen MR) is 245 cm³/mol. The van der Waals surface area contributed by atoms with E-state index in [2.05, 4.69) is 143 Å². The number of hydrogen-bond acceptors (Lipinski definition) is 7. The van der Waals surface area contributed by atoms with E-state index in [9.17, 15) is 0 Å². The van der Waals surface area contributed by atoms with Crippen LogP contribution in [-0.2, 0) is 0 Å². The van der Waals surface area contributed by atoms with Crippen LogP contribution in [0.4, 0.5) is 34.1 Å². The van der Waals surface area contributed by atoms with Crippen LogP contribution in [0.15, 0.2) is 214 Å². The second kappa shape index (κ2) is 13.9. The largest absolute Gasteiger partial charge is 0.310 e. The molecule has 0 saturated carbocycles. The Morgan fingerprint density at radius 3 is 1.54 bits per heavy atom. The fourth-order valence-electron chi connectivity index (χ4n) is 8.73. The number of rotatable bonds is 5. The molecular weight excluding hydrogens is 758 g/mol. The SMILES string of the molecule is c1ccc(-c2nc(-c3ccccc3)nc(-c3ccc(N4c5ccccc5Sc5c4cc4c6c5N(c5ccccc5)c5ccccc5B6c5ccccc5S4)cc3)n2)cc1. The van der Waals surface area contributed by atoms with Crippen molar-refractivity contribution in [2.75, 3.05) is 9.80 Å². The Morgan fingerprint density at radius 2 is 0.881 bits per heavy atom. The number of para-hydroxylation sites is 3. The third-order valence-electron chi connectivity index (χ3n) is 11.3. The van der Waals surface area contributed by atoms with Crippen molar-refractivity contribution in [2.45, 2.75) is 19.6 Å². The van der Waals surface area contributed by atoms with Gasteiger partial charge in [0, 0.05) is 48.4 Å². The predicted octanol–water partition coefficient (Wildman–Crippen LogP) is 11.6. The molecule has 0 N–H and O–H groups in total. The van der Waals surface area contributed by atoms with E-state index in [1.807, 2.05) is 84.2 Å². The fraction of sp³-hybridized carbons (Fsp3) is 0. The van der Waals surface area contributed by atoms with Gasteiger partial charge in [0.1, 0.15) is 0 Å². The molecule has 0 aliphatic carbocycles. The zero-order valence-electron chi connectivity index (χ0n) is 31.6.